The predicted molar refractivity (Wildman–Crippen MR) is 63.8 cm³/mol. The molecule has 86 valence electrons. The third kappa shape index (κ3) is 3.03. The fourth-order valence-corrected chi connectivity index (χ4v) is 2.08. The molecular weight excluding hydrogens is 224 g/mol. The van der Waals surface area contributed by atoms with Gasteiger partial charge in [-0.3, -0.25) is 9.78 Å². The Labute approximate surface area is 100 Å². The third-order valence-electron chi connectivity index (χ3n) is 2.93. The lowest BCUT2D eigenvalue weighted by atomic mass is 10.2. The first-order valence-electron chi connectivity index (χ1n) is 5.63. The maximum absolute atomic E-state index is 10.8. The Bertz CT molecular complexity index is 358. The van der Waals surface area contributed by atoms with E-state index in [9.17, 15) is 4.79 Å². The van der Waals surface area contributed by atoms with Crippen LogP contribution < -0.4 is 0 Å². The molecule has 0 spiro atoms. The van der Waals surface area contributed by atoms with Crippen LogP contribution in [0.15, 0.2) is 18.3 Å². The molecular formula is C12H15ClN2O. The van der Waals surface area contributed by atoms with Crippen LogP contribution in [-0.2, 0) is 6.42 Å². The fourth-order valence-electron chi connectivity index (χ4n) is 1.97. The molecule has 1 saturated heterocycles. The van der Waals surface area contributed by atoms with Gasteiger partial charge in [0.2, 0.25) is 0 Å². The van der Waals surface area contributed by atoms with E-state index in [0.717, 1.165) is 18.7 Å². The van der Waals surface area contributed by atoms with Crippen molar-refractivity contribution < 1.29 is 4.79 Å². The summed E-state index contributed by atoms with van der Waals surface area (Å²) < 4.78 is 0. The van der Waals surface area contributed by atoms with E-state index in [-0.39, 0.29) is 0 Å². The molecule has 4 heteroatoms. The van der Waals surface area contributed by atoms with Crippen molar-refractivity contribution in [3.05, 3.63) is 29.6 Å². The Morgan fingerprint density at radius 1 is 1.38 bits per heavy atom. The second-order valence-electron chi connectivity index (χ2n) is 4.11. The van der Waals surface area contributed by atoms with Crippen molar-refractivity contribution in [2.24, 2.45) is 0 Å². The average Bonchev–Trinajstić information content (AvgIpc) is 2.80. The number of rotatable bonds is 4. The molecule has 0 atom stereocenters. The number of halogens is 1. The normalized spacial score (nSPS) is 16.6. The van der Waals surface area contributed by atoms with Gasteiger partial charge in [-0.1, -0.05) is 0 Å². The Hall–Kier alpha value is -0.930. The number of pyridine rings is 1. The minimum atomic E-state index is -0.446. The van der Waals surface area contributed by atoms with E-state index >= 15 is 0 Å². The van der Waals surface area contributed by atoms with Crippen LogP contribution in [0, 0.1) is 0 Å². The molecule has 0 unspecified atom stereocenters. The largest absolute Gasteiger partial charge is 0.303 e. The van der Waals surface area contributed by atoms with E-state index in [1.165, 1.54) is 25.9 Å². The summed E-state index contributed by atoms with van der Waals surface area (Å²) in [7, 11) is 0. The van der Waals surface area contributed by atoms with Crippen LogP contribution in [0.4, 0.5) is 0 Å². The van der Waals surface area contributed by atoms with Gasteiger partial charge in [0, 0.05) is 24.9 Å². The summed E-state index contributed by atoms with van der Waals surface area (Å²) in [5, 5.41) is -0.446. The summed E-state index contributed by atoms with van der Waals surface area (Å²) in [6.07, 6.45) is 5.12. The number of nitrogens with zero attached hydrogens (tertiary/aromatic N) is 2. The van der Waals surface area contributed by atoms with Crippen LogP contribution in [-0.4, -0.2) is 34.8 Å². The van der Waals surface area contributed by atoms with Gasteiger partial charge in [-0.25, -0.2) is 0 Å². The zero-order chi connectivity index (χ0) is 11.4. The van der Waals surface area contributed by atoms with E-state index in [1.807, 2.05) is 6.07 Å². The Kier molecular flexibility index (Phi) is 3.91. The molecule has 3 nitrogen and oxygen atoms in total. The quantitative estimate of drug-likeness (QED) is 0.754. The van der Waals surface area contributed by atoms with Crippen molar-refractivity contribution in [3.63, 3.8) is 0 Å². The van der Waals surface area contributed by atoms with Crippen LogP contribution in [0.2, 0.25) is 0 Å². The second-order valence-corrected chi connectivity index (χ2v) is 4.45. The highest BCUT2D eigenvalue weighted by atomic mass is 35.5. The molecule has 0 N–H and O–H groups in total. The molecule has 1 aromatic heterocycles. The van der Waals surface area contributed by atoms with Crippen LogP contribution in [0.3, 0.4) is 0 Å². The lowest BCUT2D eigenvalue weighted by molar-refractivity contribution is 0.108. The lowest BCUT2D eigenvalue weighted by Crippen LogP contribution is -2.22. The molecule has 0 aromatic carbocycles. The van der Waals surface area contributed by atoms with Crippen LogP contribution >= 0.6 is 11.6 Å². The van der Waals surface area contributed by atoms with Crippen LogP contribution in [0.1, 0.15) is 28.9 Å². The smallest absolute Gasteiger partial charge is 0.253 e. The van der Waals surface area contributed by atoms with E-state index in [2.05, 4.69) is 9.88 Å². The van der Waals surface area contributed by atoms with Crippen molar-refractivity contribution in [3.8, 4) is 0 Å². The SMILES string of the molecule is O=C(Cl)c1ccc(CCN2CCCC2)nc1. The Morgan fingerprint density at radius 2 is 2.12 bits per heavy atom. The van der Waals surface area contributed by atoms with Gasteiger partial charge in [0.05, 0.1) is 5.56 Å². The molecule has 16 heavy (non-hydrogen) atoms. The van der Waals surface area contributed by atoms with E-state index in [0.29, 0.717) is 5.56 Å². The van der Waals surface area contributed by atoms with Gasteiger partial charge in [0.1, 0.15) is 0 Å². The van der Waals surface area contributed by atoms with Gasteiger partial charge in [-0.2, -0.15) is 0 Å². The highest BCUT2D eigenvalue weighted by Crippen LogP contribution is 2.09. The first kappa shape index (κ1) is 11.6. The fraction of sp³-hybridized carbons (Fsp3) is 0.500. The number of aromatic nitrogens is 1. The molecule has 0 aliphatic carbocycles. The summed E-state index contributed by atoms with van der Waals surface area (Å²) in [6.45, 7) is 3.47. The summed E-state index contributed by atoms with van der Waals surface area (Å²) in [6, 6.07) is 3.62. The molecule has 1 aliphatic rings. The predicted octanol–water partition coefficient (Wildman–Crippen LogP) is 2.10. The number of hydrogen-bond donors (Lipinski definition) is 0. The molecule has 2 heterocycles. The third-order valence-corrected chi connectivity index (χ3v) is 3.15. The van der Waals surface area contributed by atoms with Gasteiger partial charge >= 0.3 is 0 Å². The standard InChI is InChI=1S/C12H15ClN2O/c13-12(16)10-3-4-11(14-9-10)5-8-15-6-1-2-7-15/h3-4,9H,1-2,5-8H2. The molecule has 0 bridgehead atoms. The number of likely N-dealkylation sites (tertiary alicyclic amines) is 1. The van der Waals surface area contributed by atoms with Gasteiger partial charge in [0.15, 0.2) is 0 Å². The molecule has 1 aromatic rings. The average molecular weight is 239 g/mol. The first-order chi connectivity index (χ1) is 7.75. The first-order valence-corrected chi connectivity index (χ1v) is 6.00. The highest BCUT2D eigenvalue weighted by molar-refractivity contribution is 6.67. The van der Waals surface area contributed by atoms with Crippen LogP contribution in [0.25, 0.3) is 0 Å². The van der Waals surface area contributed by atoms with Crippen molar-refractivity contribution >= 4 is 16.8 Å². The van der Waals surface area contributed by atoms with Gasteiger partial charge in [-0.05, 0) is 49.7 Å². The topological polar surface area (TPSA) is 33.2 Å². The van der Waals surface area contributed by atoms with Crippen LogP contribution in [0.5, 0.6) is 0 Å². The summed E-state index contributed by atoms with van der Waals surface area (Å²) >= 11 is 5.35. The lowest BCUT2D eigenvalue weighted by Gasteiger charge is -2.13. The van der Waals surface area contributed by atoms with E-state index < -0.39 is 5.24 Å². The minimum absolute atomic E-state index is 0.446. The summed E-state index contributed by atoms with van der Waals surface area (Å²) in [4.78, 5) is 17.5. The zero-order valence-electron chi connectivity index (χ0n) is 9.16. The zero-order valence-corrected chi connectivity index (χ0v) is 9.91. The maximum atomic E-state index is 10.8. The minimum Gasteiger partial charge on any atom is -0.303 e. The maximum Gasteiger partial charge on any atom is 0.253 e. The van der Waals surface area contributed by atoms with E-state index in [1.54, 1.807) is 12.3 Å². The second kappa shape index (κ2) is 5.41. The van der Waals surface area contributed by atoms with Gasteiger partial charge in [-0.15, -0.1) is 0 Å². The molecule has 2 rings (SSSR count). The molecule has 1 fully saturated rings. The summed E-state index contributed by atoms with van der Waals surface area (Å²) in [5.74, 6) is 0. The monoisotopic (exact) mass is 238 g/mol. The Morgan fingerprint density at radius 3 is 2.69 bits per heavy atom. The number of carbonyl (C=O) groups excluding carboxylic acids is 1. The van der Waals surface area contributed by atoms with Crippen molar-refractivity contribution in [1.29, 1.82) is 0 Å². The summed E-state index contributed by atoms with van der Waals surface area (Å²) in [5.41, 5.74) is 1.49. The van der Waals surface area contributed by atoms with Crippen molar-refractivity contribution in [2.75, 3.05) is 19.6 Å². The van der Waals surface area contributed by atoms with Gasteiger partial charge in [0.25, 0.3) is 5.24 Å². The molecule has 1 aliphatic heterocycles. The molecule has 0 amide bonds. The number of hydrogen-bond acceptors (Lipinski definition) is 3. The molecule has 0 saturated carbocycles. The van der Waals surface area contributed by atoms with Crippen molar-refractivity contribution in [1.82, 2.24) is 9.88 Å². The van der Waals surface area contributed by atoms with Crippen molar-refractivity contribution in [2.45, 2.75) is 19.3 Å². The van der Waals surface area contributed by atoms with E-state index in [4.69, 9.17) is 11.6 Å². The molecule has 0 radical (unpaired) electrons. The number of carbonyl (C=O) groups is 1. The Balaban J connectivity index is 1.87. The highest BCUT2D eigenvalue weighted by Gasteiger charge is 2.11. The van der Waals surface area contributed by atoms with Gasteiger partial charge < -0.3 is 4.90 Å².